The molecule has 0 spiro atoms. The molecule has 2 unspecified atom stereocenters. The van der Waals surface area contributed by atoms with Crippen LogP contribution >= 0.6 is 0 Å². The number of unbranched alkanes of at least 4 members (excludes halogenated alkanes) is 52. The van der Waals surface area contributed by atoms with Crippen molar-refractivity contribution in [3.8, 4) is 0 Å². The van der Waals surface area contributed by atoms with E-state index >= 15 is 0 Å². The molecule has 0 aromatic heterocycles. The Morgan fingerprint density at radius 2 is 0.635 bits per heavy atom. The molecule has 0 rings (SSSR count). The SMILES string of the molecule is CCCCCCC/C=C\C/C=C\CCCCCCCCCCCCCCCCCCCC(=O)OC(COC(=O)CCCCCCCCCCCCCCCCCCCCCCCCCCCCCCCCC)COC(OCC[N+](C)(C)C)C(=O)O. The molecule has 0 heterocycles. The van der Waals surface area contributed by atoms with Crippen LogP contribution in [0.15, 0.2) is 24.3 Å². The molecule has 0 saturated carbocycles. The van der Waals surface area contributed by atoms with Gasteiger partial charge in [-0.05, 0) is 44.9 Å². The highest BCUT2D eigenvalue weighted by molar-refractivity contribution is 5.71. The molecule has 0 aromatic rings. The van der Waals surface area contributed by atoms with Gasteiger partial charge in [-0.15, -0.1) is 0 Å². The van der Waals surface area contributed by atoms with Crippen molar-refractivity contribution in [1.82, 2.24) is 0 Å². The maximum atomic E-state index is 13.0. The van der Waals surface area contributed by atoms with Gasteiger partial charge >= 0.3 is 17.9 Å². The van der Waals surface area contributed by atoms with Crippen molar-refractivity contribution in [2.45, 2.75) is 399 Å². The van der Waals surface area contributed by atoms with E-state index in [9.17, 15) is 19.5 Å². The van der Waals surface area contributed by atoms with Crippen LogP contribution in [0.1, 0.15) is 386 Å². The summed E-state index contributed by atoms with van der Waals surface area (Å²) < 4.78 is 23.0. The van der Waals surface area contributed by atoms with Gasteiger partial charge in [0.05, 0.1) is 34.4 Å². The number of hydrogen-bond donors (Lipinski definition) is 1. The van der Waals surface area contributed by atoms with E-state index in [1.54, 1.807) is 0 Å². The minimum atomic E-state index is -1.51. The fourth-order valence-electron chi connectivity index (χ4n) is 11.5. The number of esters is 2. The lowest BCUT2D eigenvalue weighted by atomic mass is 10.0. The fourth-order valence-corrected chi connectivity index (χ4v) is 11.5. The average Bonchev–Trinajstić information content (AvgIpc) is 3.48. The molecule has 0 radical (unpaired) electrons. The number of hydrogen-bond acceptors (Lipinski definition) is 7. The fraction of sp³-hybridized carbons (Fsp3) is 0.908. The summed E-state index contributed by atoms with van der Waals surface area (Å²) in [6.07, 6.45) is 81.7. The van der Waals surface area contributed by atoms with Crippen LogP contribution in [0, 0.1) is 0 Å². The summed E-state index contributed by atoms with van der Waals surface area (Å²) in [5.41, 5.74) is 0. The number of carboxylic acids is 1. The van der Waals surface area contributed by atoms with Crippen LogP contribution in [0.2, 0.25) is 0 Å². The summed E-state index contributed by atoms with van der Waals surface area (Å²) >= 11 is 0. The van der Waals surface area contributed by atoms with Gasteiger partial charge in [-0.1, -0.05) is 353 Å². The Kier molecular flexibility index (Phi) is 65.9. The first kappa shape index (κ1) is 82.8. The van der Waals surface area contributed by atoms with E-state index in [1.165, 1.54) is 315 Å². The van der Waals surface area contributed by atoms with E-state index in [-0.39, 0.29) is 38.2 Å². The number of ether oxygens (including phenoxy) is 4. The van der Waals surface area contributed by atoms with E-state index in [0.29, 0.717) is 17.4 Å². The topological polar surface area (TPSA) is 108 Å². The summed E-state index contributed by atoms with van der Waals surface area (Å²) in [6, 6.07) is 0. The number of aliphatic carboxylic acids is 1. The number of carbonyl (C=O) groups is 3. The Hall–Kier alpha value is -2.23. The van der Waals surface area contributed by atoms with Crippen molar-refractivity contribution in [3.63, 3.8) is 0 Å². The number of likely N-dealkylation sites (N-methyl/N-ethyl adjacent to an activating group) is 1. The van der Waals surface area contributed by atoms with Crippen LogP contribution in [0.5, 0.6) is 0 Å². The van der Waals surface area contributed by atoms with Crippen LogP contribution in [-0.2, 0) is 33.3 Å². The van der Waals surface area contributed by atoms with Gasteiger partial charge in [-0.2, -0.15) is 0 Å². The van der Waals surface area contributed by atoms with Crippen LogP contribution in [0.25, 0.3) is 0 Å². The Morgan fingerprint density at radius 1 is 0.353 bits per heavy atom. The molecule has 2 atom stereocenters. The summed E-state index contributed by atoms with van der Waals surface area (Å²) in [7, 11) is 6.00. The predicted molar refractivity (Wildman–Crippen MR) is 364 cm³/mol. The second kappa shape index (κ2) is 67.7. The van der Waals surface area contributed by atoms with Crippen molar-refractivity contribution in [1.29, 1.82) is 0 Å². The molecule has 502 valence electrons. The zero-order chi connectivity index (χ0) is 61.9. The zero-order valence-corrected chi connectivity index (χ0v) is 57.6. The maximum Gasteiger partial charge on any atom is 0.361 e. The van der Waals surface area contributed by atoms with E-state index in [4.69, 9.17) is 18.9 Å². The third-order valence-corrected chi connectivity index (χ3v) is 17.2. The highest BCUT2D eigenvalue weighted by Gasteiger charge is 2.25. The van der Waals surface area contributed by atoms with Crippen LogP contribution in [0.4, 0.5) is 0 Å². The molecule has 0 saturated heterocycles. The minimum absolute atomic E-state index is 0.175. The van der Waals surface area contributed by atoms with Crippen molar-refractivity contribution in [2.75, 3.05) is 47.5 Å². The molecule has 9 heteroatoms. The van der Waals surface area contributed by atoms with Gasteiger partial charge in [0.1, 0.15) is 13.2 Å². The molecule has 9 nitrogen and oxygen atoms in total. The maximum absolute atomic E-state index is 13.0. The third-order valence-electron chi connectivity index (χ3n) is 17.2. The van der Waals surface area contributed by atoms with Gasteiger partial charge < -0.3 is 28.5 Å². The second-order valence-electron chi connectivity index (χ2n) is 27.0. The molecular formula is C76H146NO8+. The summed E-state index contributed by atoms with van der Waals surface area (Å²) in [4.78, 5) is 37.7. The lowest BCUT2D eigenvalue weighted by Gasteiger charge is -2.25. The van der Waals surface area contributed by atoms with E-state index in [0.717, 1.165) is 44.9 Å². The predicted octanol–water partition coefficient (Wildman–Crippen LogP) is 23.4. The normalized spacial score (nSPS) is 12.7. The van der Waals surface area contributed by atoms with Crippen molar-refractivity contribution >= 4 is 17.9 Å². The molecule has 1 N–H and O–H groups in total. The first-order valence-electron chi connectivity index (χ1n) is 37.5. The summed E-state index contributed by atoms with van der Waals surface area (Å²) in [5, 5.41) is 9.76. The molecule has 0 aliphatic rings. The van der Waals surface area contributed by atoms with Crippen LogP contribution in [0.3, 0.4) is 0 Å². The molecular weight excluding hydrogens is 1050 g/mol. The van der Waals surface area contributed by atoms with Crippen molar-refractivity contribution < 1.29 is 42.9 Å². The molecule has 85 heavy (non-hydrogen) atoms. The zero-order valence-electron chi connectivity index (χ0n) is 57.6. The highest BCUT2D eigenvalue weighted by Crippen LogP contribution is 2.20. The van der Waals surface area contributed by atoms with Gasteiger partial charge in [-0.25, -0.2) is 4.79 Å². The molecule has 0 aliphatic heterocycles. The first-order valence-corrected chi connectivity index (χ1v) is 37.5. The van der Waals surface area contributed by atoms with E-state index in [2.05, 4.69) is 38.2 Å². The molecule has 0 aliphatic carbocycles. The monoisotopic (exact) mass is 1200 g/mol. The standard InChI is InChI=1S/C76H145NO8/c1-6-8-10-12-14-16-18-20-22-24-26-28-30-32-34-36-37-39-40-42-44-46-48-50-52-54-56-58-60-62-64-66-73(78)83-70-72(71-84-76(75(80)81)82-69-68-77(3,4)5)85-74(79)67-65-63-61-59-57-55-53-51-49-47-45-43-41-38-35-33-31-29-27-25-23-21-19-17-15-13-11-9-7-2/h19,21,25,27,72,76H,6-18,20,22-24,26,28-71H2,1-5H3/p+1/b21-19-,27-25-. The van der Waals surface area contributed by atoms with Crippen LogP contribution < -0.4 is 0 Å². The molecule has 0 aromatic carbocycles. The van der Waals surface area contributed by atoms with E-state index < -0.39 is 18.4 Å². The Morgan fingerprint density at radius 3 is 0.929 bits per heavy atom. The van der Waals surface area contributed by atoms with E-state index in [1.807, 2.05) is 21.1 Å². The number of quaternary nitrogens is 1. The molecule has 0 amide bonds. The lowest BCUT2D eigenvalue weighted by Crippen LogP contribution is -2.40. The smallest absolute Gasteiger partial charge is 0.361 e. The number of carboxylic acid groups (broad SMARTS) is 1. The van der Waals surface area contributed by atoms with Crippen molar-refractivity contribution in [2.24, 2.45) is 0 Å². The van der Waals surface area contributed by atoms with Gasteiger partial charge in [-0.3, -0.25) is 9.59 Å². The molecule has 0 fully saturated rings. The minimum Gasteiger partial charge on any atom is -0.477 e. The number of allylic oxidation sites excluding steroid dienone is 4. The van der Waals surface area contributed by atoms with Gasteiger partial charge in [0, 0.05) is 12.8 Å². The third kappa shape index (κ3) is 69.1. The van der Waals surface area contributed by atoms with Gasteiger partial charge in [0.25, 0.3) is 6.29 Å². The van der Waals surface area contributed by atoms with Gasteiger partial charge in [0.15, 0.2) is 6.10 Å². The first-order chi connectivity index (χ1) is 41.6. The quantitative estimate of drug-likeness (QED) is 0.0211. The Balaban J connectivity index is 4.01. The Bertz CT molecular complexity index is 1440. The molecule has 0 bridgehead atoms. The number of nitrogens with zero attached hydrogens (tertiary/aromatic N) is 1. The van der Waals surface area contributed by atoms with Gasteiger partial charge in [0.2, 0.25) is 0 Å². The Labute approximate surface area is 528 Å². The van der Waals surface area contributed by atoms with Crippen LogP contribution in [-0.4, -0.2) is 87.4 Å². The largest absolute Gasteiger partial charge is 0.477 e. The second-order valence-corrected chi connectivity index (χ2v) is 27.0. The average molecular weight is 1200 g/mol. The van der Waals surface area contributed by atoms with Crippen molar-refractivity contribution in [3.05, 3.63) is 24.3 Å². The summed E-state index contributed by atoms with van der Waals surface area (Å²) in [5.74, 6) is -1.97. The summed E-state index contributed by atoms with van der Waals surface area (Å²) in [6.45, 7) is 4.95. The lowest BCUT2D eigenvalue weighted by molar-refractivity contribution is -0.870. The number of carbonyl (C=O) groups excluding carboxylic acids is 2. The number of rotatable bonds is 71. The highest BCUT2D eigenvalue weighted by atomic mass is 16.7.